The molecule has 0 saturated heterocycles. The maximum atomic E-state index is 12.3. The van der Waals surface area contributed by atoms with Gasteiger partial charge < -0.3 is 15.4 Å². The van der Waals surface area contributed by atoms with E-state index in [0.717, 1.165) is 19.4 Å². The van der Waals surface area contributed by atoms with Crippen molar-refractivity contribution in [2.24, 2.45) is 0 Å². The zero-order valence-corrected chi connectivity index (χ0v) is 15.6. The van der Waals surface area contributed by atoms with Gasteiger partial charge in [-0.3, -0.25) is 4.79 Å². The van der Waals surface area contributed by atoms with Gasteiger partial charge in [-0.1, -0.05) is 24.9 Å². The molecule has 0 spiro atoms. The molecule has 9 heteroatoms. The fraction of sp³-hybridized carbons (Fsp3) is 0.389. The number of alkyl halides is 2. The Balaban J connectivity index is 1.91. The van der Waals surface area contributed by atoms with Gasteiger partial charge in [0.1, 0.15) is 10.8 Å². The summed E-state index contributed by atoms with van der Waals surface area (Å²) in [4.78, 5) is 20.4. The molecule has 0 aliphatic rings. The molecule has 2 N–H and O–H groups in total. The summed E-state index contributed by atoms with van der Waals surface area (Å²) in [6, 6.07) is 4.81. The van der Waals surface area contributed by atoms with E-state index in [0.29, 0.717) is 16.9 Å². The van der Waals surface area contributed by atoms with Crippen molar-refractivity contribution in [2.75, 3.05) is 18.5 Å². The van der Waals surface area contributed by atoms with Crippen molar-refractivity contribution in [2.45, 2.75) is 32.7 Å². The van der Waals surface area contributed by atoms with Crippen LogP contribution in [-0.2, 0) is 6.54 Å². The number of hydrogen-bond donors (Lipinski definition) is 2. The number of carbonyl (C=O) groups excluding carboxylic acids is 1. The van der Waals surface area contributed by atoms with Crippen molar-refractivity contribution in [3.63, 3.8) is 0 Å². The summed E-state index contributed by atoms with van der Waals surface area (Å²) in [5, 5.41) is 6.02. The number of rotatable bonds is 10. The van der Waals surface area contributed by atoms with Crippen LogP contribution in [0, 0.1) is 0 Å². The Morgan fingerprint density at radius 3 is 2.85 bits per heavy atom. The van der Waals surface area contributed by atoms with E-state index in [-0.39, 0.29) is 23.4 Å². The van der Waals surface area contributed by atoms with Crippen molar-refractivity contribution in [3.05, 3.63) is 46.7 Å². The molecule has 0 unspecified atom stereocenters. The number of pyridine rings is 2. The molecule has 1 amide bonds. The van der Waals surface area contributed by atoms with E-state index in [9.17, 15) is 13.6 Å². The number of nitrogens with one attached hydrogen (secondary N) is 2. The van der Waals surface area contributed by atoms with E-state index < -0.39 is 13.0 Å². The highest BCUT2D eigenvalue weighted by Crippen LogP contribution is 2.22. The lowest BCUT2D eigenvalue weighted by molar-refractivity contribution is 0.0796. The van der Waals surface area contributed by atoms with Crippen LogP contribution >= 0.6 is 11.6 Å². The molecule has 2 aromatic rings. The molecule has 2 aromatic heterocycles. The van der Waals surface area contributed by atoms with Gasteiger partial charge in [0.2, 0.25) is 5.88 Å². The normalized spacial score (nSPS) is 10.7. The fourth-order valence-electron chi connectivity index (χ4n) is 2.16. The van der Waals surface area contributed by atoms with Crippen LogP contribution < -0.4 is 15.4 Å². The minimum absolute atomic E-state index is 0.0658. The van der Waals surface area contributed by atoms with Gasteiger partial charge >= 0.3 is 0 Å². The number of ether oxygens (including phenoxy) is 1. The first kappa shape index (κ1) is 20.8. The van der Waals surface area contributed by atoms with Crippen LogP contribution in [0.5, 0.6) is 5.88 Å². The topological polar surface area (TPSA) is 76.1 Å². The Morgan fingerprint density at radius 1 is 1.33 bits per heavy atom. The van der Waals surface area contributed by atoms with Gasteiger partial charge in [-0.2, -0.15) is 0 Å². The van der Waals surface area contributed by atoms with Crippen molar-refractivity contribution in [3.8, 4) is 5.88 Å². The maximum Gasteiger partial charge on any atom is 0.272 e. The van der Waals surface area contributed by atoms with Gasteiger partial charge in [0.25, 0.3) is 12.3 Å². The third-order valence-corrected chi connectivity index (χ3v) is 3.79. The van der Waals surface area contributed by atoms with E-state index in [1.807, 2.05) is 0 Å². The first-order valence-electron chi connectivity index (χ1n) is 8.53. The molecule has 0 aliphatic heterocycles. The lowest BCUT2D eigenvalue weighted by Gasteiger charge is -2.10. The highest BCUT2D eigenvalue weighted by atomic mass is 35.5. The number of halogens is 3. The molecule has 0 saturated carbocycles. The zero-order chi connectivity index (χ0) is 19.6. The zero-order valence-electron chi connectivity index (χ0n) is 14.8. The third kappa shape index (κ3) is 6.97. The van der Waals surface area contributed by atoms with E-state index in [4.69, 9.17) is 16.3 Å². The lowest BCUT2D eigenvalue weighted by atomic mass is 10.2. The number of anilines is 1. The first-order chi connectivity index (χ1) is 13.0. The molecular formula is C18H21ClF2N4O2. The second-order valence-corrected chi connectivity index (χ2v) is 6.13. The Bertz CT molecular complexity index is 762. The van der Waals surface area contributed by atoms with Crippen molar-refractivity contribution in [1.29, 1.82) is 0 Å². The van der Waals surface area contributed by atoms with Gasteiger partial charge in [0.05, 0.1) is 0 Å². The number of hydrogen-bond acceptors (Lipinski definition) is 5. The summed E-state index contributed by atoms with van der Waals surface area (Å²) in [5.74, 6) is 0.301. The number of nitrogens with zero attached hydrogens (tertiary/aromatic N) is 2. The van der Waals surface area contributed by atoms with E-state index in [1.54, 1.807) is 18.3 Å². The average molecular weight is 399 g/mol. The second kappa shape index (κ2) is 10.6. The smallest absolute Gasteiger partial charge is 0.272 e. The molecule has 2 heterocycles. The lowest BCUT2D eigenvalue weighted by Crippen LogP contribution is -2.23. The quantitative estimate of drug-likeness (QED) is 0.593. The molecular weight excluding hydrogens is 378 g/mol. The molecule has 27 heavy (non-hydrogen) atoms. The summed E-state index contributed by atoms with van der Waals surface area (Å²) in [6.45, 7) is 2.29. The highest BCUT2D eigenvalue weighted by Gasteiger charge is 2.11. The molecule has 0 aromatic carbocycles. The van der Waals surface area contributed by atoms with Crippen LogP contribution in [-0.4, -0.2) is 35.5 Å². The number of amides is 1. The van der Waals surface area contributed by atoms with Crippen LogP contribution in [0.2, 0.25) is 5.02 Å². The van der Waals surface area contributed by atoms with Crippen LogP contribution in [0.3, 0.4) is 0 Å². The summed E-state index contributed by atoms with van der Waals surface area (Å²) >= 11 is 5.96. The van der Waals surface area contributed by atoms with Crippen LogP contribution in [0.4, 0.5) is 14.6 Å². The molecule has 6 nitrogen and oxygen atoms in total. The van der Waals surface area contributed by atoms with E-state index in [2.05, 4.69) is 27.5 Å². The monoisotopic (exact) mass is 398 g/mol. The van der Waals surface area contributed by atoms with Gasteiger partial charge in [-0.25, -0.2) is 18.7 Å². The molecule has 0 fully saturated rings. The van der Waals surface area contributed by atoms with Crippen molar-refractivity contribution in [1.82, 2.24) is 15.3 Å². The van der Waals surface area contributed by atoms with Crippen molar-refractivity contribution >= 4 is 23.3 Å². The van der Waals surface area contributed by atoms with E-state index >= 15 is 0 Å². The Labute approximate surface area is 161 Å². The Kier molecular flexibility index (Phi) is 8.19. The molecule has 2 rings (SSSR count). The SMILES string of the molecule is CCCCNc1cc(C(=O)NCc2cnc(OCC(F)F)c(Cl)c2)ccn1. The Morgan fingerprint density at radius 2 is 2.15 bits per heavy atom. The van der Waals surface area contributed by atoms with E-state index in [1.165, 1.54) is 12.3 Å². The predicted molar refractivity (Wildman–Crippen MR) is 99.6 cm³/mol. The molecule has 0 atom stereocenters. The molecule has 0 radical (unpaired) electrons. The molecule has 0 bridgehead atoms. The number of carbonyl (C=O) groups is 1. The van der Waals surface area contributed by atoms with Gasteiger partial charge in [0.15, 0.2) is 6.61 Å². The van der Waals surface area contributed by atoms with Crippen LogP contribution in [0.25, 0.3) is 0 Å². The molecule has 0 aliphatic carbocycles. The maximum absolute atomic E-state index is 12.3. The van der Waals surface area contributed by atoms with Gasteiger partial charge in [0, 0.05) is 31.0 Å². The molecule has 146 valence electrons. The standard InChI is InChI=1S/C18H21ClF2N4O2/c1-2-3-5-22-16-8-13(4-6-23-16)17(26)24-9-12-7-14(19)18(25-10-12)27-11-15(20)21/h4,6-8,10,15H,2-3,5,9,11H2,1H3,(H,22,23)(H,24,26). The summed E-state index contributed by atoms with van der Waals surface area (Å²) in [5.41, 5.74) is 1.09. The minimum atomic E-state index is -2.61. The second-order valence-electron chi connectivity index (χ2n) is 5.73. The van der Waals surface area contributed by atoms with Crippen LogP contribution in [0.1, 0.15) is 35.7 Å². The van der Waals surface area contributed by atoms with Crippen molar-refractivity contribution < 1.29 is 18.3 Å². The predicted octanol–water partition coefficient (Wildman–Crippen LogP) is 3.92. The summed E-state index contributed by atoms with van der Waals surface area (Å²) in [7, 11) is 0. The third-order valence-electron chi connectivity index (χ3n) is 3.52. The summed E-state index contributed by atoms with van der Waals surface area (Å²) in [6.07, 6.45) is 2.45. The van der Waals surface area contributed by atoms with Gasteiger partial charge in [-0.15, -0.1) is 0 Å². The fourth-order valence-corrected chi connectivity index (χ4v) is 2.40. The average Bonchev–Trinajstić information content (AvgIpc) is 2.65. The largest absolute Gasteiger partial charge is 0.471 e. The highest BCUT2D eigenvalue weighted by molar-refractivity contribution is 6.31. The summed E-state index contributed by atoms with van der Waals surface area (Å²) < 4.78 is 29.1. The van der Waals surface area contributed by atoms with Gasteiger partial charge in [-0.05, 0) is 30.2 Å². The first-order valence-corrected chi connectivity index (χ1v) is 8.91. The number of unbranched alkanes of at least 4 members (excludes halogenated alkanes) is 1. The Hall–Kier alpha value is -2.48. The van der Waals surface area contributed by atoms with Crippen LogP contribution in [0.15, 0.2) is 30.6 Å². The minimum Gasteiger partial charge on any atom is -0.471 e. The number of aromatic nitrogens is 2.